The van der Waals surface area contributed by atoms with Crippen molar-refractivity contribution in [3.63, 3.8) is 0 Å². The first kappa shape index (κ1) is 10.7. The highest BCUT2D eigenvalue weighted by molar-refractivity contribution is 7.82. The van der Waals surface area contributed by atoms with Gasteiger partial charge in [0.05, 0.1) is 6.61 Å². The quantitative estimate of drug-likeness (QED) is 0.735. The number of hydrogen-bond donors (Lipinski definition) is 2. The van der Waals surface area contributed by atoms with Crippen LogP contribution in [0.4, 0.5) is 0 Å². The third kappa shape index (κ3) is 1.56. The number of rotatable bonds is 2. The van der Waals surface area contributed by atoms with Crippen LogP contribution in [0.1, 0.15) is 6.92 Å². The van der Waals surface area contributed by atoms with Crippen molar-refractivity contribution in [3.05, 3.63) is 6.07 Å². The van der Waals surface area contributed by atoms with Crippen molar-refractivity contribution >= 4 is 10.4 Å². The van der Waals surface area contributed by atoms with Gasteiger partial charge in [-0.25, -0.2) is 0 Å². The molecule has 2 N–H and O–H groups in total. The Balaban J connectivity index is 2.62. The summed E-state index contributed by atoms with van der Waals surface area (Å²) in [4.78, 5) is 0. The molecule has 0 fully saturated rings. The number of phenols is 2. The second kappa shape index (κ2) is 3.34. The maximum absolute atomic E-state index is 11.0. The number of phenolic OH excluding ortho intramolecular Hbond substituents is 2. The third-order valence-electron chi connectivity index (χ3n) is 1.83. The molecule has 0 amide bonds. The smallest absolute Gasteiger partial charge is 0.501 e. The Labute approximate surface area is 91.1 Å². The summed E-state index contributed by atoms with van der Waals surface area (Å²) in [5.74, 6) is -2.02. The lowest BCUT2D eigenvalue weighted by Crippen LogP contribution is -2.08. The van der Waals surface area contributed by atoms with E-state index in [9.17, 15) is 18.6 Å². The van der Waals surface area contributed by atoms with Crippen LogP contribution in [0.5, 0.6) is 28.7 Å². The summed E-state index contributed by atoms with van der Waals surface area (Å²) in [5, 5.41) is 18.7. The van der Waals surface area contributed by atoms with E-state index in [4.69, 9.17) is 4.74 Å². The highest BCUT2D eigenvalue weighted by Crippen LogP contribution is 2.53. The minimum absolute atomic E-state index is 0.0196. The molecule has 0 saturated carbocycles. The predicted octanol–water partition coefficient (Wildman–Crippen LogP) is 0.512. The van der Waals surface area contributed by atoms with Crippen molar-refractivity contribution in [3.8, 4) is 28.7 Å². The van der Waals surface area contributed by atoms with E-state index in [1.807, 2.05) is 0 Å². The van der Waals surface area contributed by atoms with Crippen molar-refractivity contribution in [2.75, 3.05) is 6.61 Å². The second-order valence-electron chi connectivity index (χ2n) is 2.91. The van der Waals surface area contributed by atoms with Gasteiger partial charge in [-0.2, -0.15) is 0 Å². The number of ether oxygens (including phenoxy) is 1. The van der Waals surface area contributed by atoms with Crippen LogP contribution >= 0.6 is 0 Å². The summed E-state index contributed by atoms with van der Waals surface area (Å²) < 4.78 is 35.9. The van der Waals surface area contributed by atoms with Gasteiger partial charge in [0.15, 0.2) is 11.5 Å². The van der Waals surface area contributed by atoms with Crippen LogP contribution in [0.3, 0.4) is 0 Å². The molecule has 0 radical (unpaired) electrons. The second-order valence-corrected chi connectivity index (χ2v) is 4.06. The first-order valence-electron chi connectivity index (χ1n) is 4.30. The lowest BCUT2D eigenvalue weighted by molar-refractivity contribution is 0.323. The molecule has 1 heterocycles. The van der Waals surface area contributed by atoms with Crippen molar-refractivity contribution in [1.82, 2.24) is 0 Å². The summed E-state index contributed by atoms with van der Waals surface area (Å²) in [6.07, 6.45) is 0. The summed E-state index contributed by atoms with van der Waals surface area (Å²) in [7, 11) is -4.24. The largest absolute Gasteiger partial charge is 0.504 e. The fourth-order valence-corrected chi connectivity index (χ4v) is 1.99. The minimum atomic E-state index is -4.24. The van der Waals surface area contributed by atoms with E-state index < -0.39 is 27.6 Å². The zero-order valence-corrected chi connectivity index (χ0v) is 8.94. The van der Waals surface area contributed by atoms with Gasteiger partial charge in [0.25, 0.3) is 0 Å². The zero-order valence-electron chi connectivity index (χ0n) is 8.13. The van der Waals surface area contributed by atoms with Gasteiger partial charge in [0, 0.05) is 6.07 Å². The van der Waals surface area contributed by atoms with Crippen LogP contribution in [0.2, 0.25) is 0 Å². The molecule has 1 aliphatic rings. The fourth-order valence-electron chi connectivity index (χ4n) is 1.23. The van der Waals surface area contributed by atoms with Crippen molar-refractivity contribution in [2.45, 2.75) is 6.92 Å². The first-order valence-corrected chi connectivity index (χ1v) is 5.63. The molecule has 0 bridgehead atoms. The monoisotopic (exact) mass is 248 g/mol. The first-order chi connectivity index (χ1) is 7.44. The van der Waals surface area contributed by atoms with Gasteiger partial charge in [-0.3, -0.25) is 0 Å². The van der Waals surface area contributed by atoms with Crippen LogP contribution in [-0.2, 0) is 10.4 Å². The van der Waals surface area contributed by atoms with Crippen LogP contribution in [0.25, 0.3) is 0 Å². The lowest BCUT2D eigenvalue weighted by atomic mass is 10.2. The normalized spacial score (nSPS) is 16.1. The summed E-state index contributed by atoms with van der Waals surface area (Å²) in [6, 6.07) is 1.04. The van der Waals surface area contributed by atoms with Crippen molar-refractivity contribution in [2.24, 2.45) is 0 Å². The SMILES string of the molecule is CCOc1cc(O)c(O)c2c1OS(=O)(=O)O2. The van der Waals surface area contributed by atoms with Gasteiger partial charge in [-0.15, -0.1) is 8.42 Å². The number of fused-ring (bicyclic) bond motifs is 1. The van der Waals surface area contributed by atoms with E-state index in [-0.39, 0.29) is 18.1 Å². The average molecular weight is 248 g/mol. The molecule has 0 saturated heterocycles. The molecular weight excluding hydrogens is 240 g/mol. The van der Waals surface area contributed by atoms with Crippen LogP contribution < -0.4 is 13.1 Å². The van der Waals surface area contributed by atoms with E-state index in [1.54, 1.807) is 6.92 Å². The van der Waals surface area contributed by atoms with E-state index in [0.29, 0.717) is 0 Å². The maximum atomic E-state index is 11.0. The van der Waals surface area contributed by atoms with E-state index in [1.165, 1.54) is 0 Å². The Kier molecular flexibility index (Phi) is 2.23. The lowest BCUT2D eigenvalue weighted by Gasteiger charge is -2.07. The maximum Gasteiger partial charge on any atom is 0.501 e. The van der Waals surface area contributed by atoms with Gasteiger partial charge >= 0.3 is 10.4 Å². The average Bonchev–Trinajstić information content (AvgIpc) is 2.51. The molecule has 88 valence electrons. The van der Waals surface area contributed by atoms with E-state index >= 15 is 0 Å². The molecule has 0 aromatic heterocycles. The Morgan fingerprint density at radius 2 is 1.94 bits per heavy atom. The standard InChI is InChI=1S/C8H8O7S/c1-2-13-5-3-4(9)6(10)8-7(5)14-16(11,12)15-8/h3,9-10H,2H2,1H3. The summed E-state index contributed by atoms with van der Waals surface area (Å²) >= 11 is 0. The molecule has 0 spiro atoms. The fraction of sp³-hybridized carbons (Fsp3) is 0.250. The third-order valence-corrected chi connectivity index (χ3v) is 2.57. The molecule has 0 unspecified atom stereocenters. The van der Waals surface area contributed by atoms with Gasteiger partial charge in [0.2, 0.25) is 17.2 Å². The van der Waals surface area contributed by atoms with E-state index in [0.717, 1.165) is 6.07 Å². The summed E-state index contributed by atoms with van der Waals surface area (Å²) in [5.41, 5.74) is 0. The minimum Gasteiger partial charge on any atom is -0.504 e. The molecule has 1 aliphatic heterocycles. The van der Waals surface area contributed by atoms with Gasteiger partial charge < -0.3 is 23.3 Å². The molecule has 1 aromatic rings. The highest BCUT2D eigenvalue weighted by Gasteiger charge is 2.36. The summed E-state index contributed by atoms with van der Waals surface area (Å²) in [6.45, 7) is 1.90. The molecule has 1 aromatic carbocycles. The molecule has 8 heteroatoms. The zero-order chi connectivity index (χ0) is 11.9. The molecule has 0 aliphatic carbocycles. The Morgan fingerprint density at radius 3 is 2.56 bits per heavy atom. The van der Waals surface area contributed by atoms with Crippen LogP contribution in [-0.4, -0.2) is 25.2 Å². The highest BCUT2D eigenvalue weighted by atomic mass is 32.3. The number of benzene rings is 1. The van der Waals surface area contributed by atoms with Gasteiger partial charge in [-0.1, -0.05) is 0 Å². The number of hydrogen-bond acceptors (Lipinski definition) is 7. The topological polar surface area (TPSA) is 102 Å². The number of aromatic hydroxyl groups is 2. The predicted molar refractivity (Wildman–Crippen MR) is 51.1 cm³/mol. The molecule has 16 heavy (non-hydrogen) atoms. The van der Waals surface area contributed by atoms with Gasteiger partial charge in [0.1, 0.15) is 0 Å². The molecule has 2 rings (SSSR count). The van der Waals surface area contributed by atoms with Crippen molar-refractivity contribution in [1.29, 1.82) is 0 Å². The molecular formula is C8H8O7S. The molecule has 7 nitrogen and oxygen atoms in total. The molecule has 0 atom stereocenters. The van der Waals surface area contributed by atoms with Crippen molar-refractivity contribution < 1.29 is 31.7 Å². The Hall–Kier alpha value is -1.83. The Bertz CT molecular complexity index is 534. The van der Waals surface area contributed by atoms with Gasteiger partial charge in [-0.05, 0) is 6.92 Å². The van der Waals surface area contributed by atoms with E-state index in [2.05, 4.69) is 8.37 Å². The Morgan fingerprint density at radius 1 is 1.31 bits per heavy atom. The van der Waals surface area contributed by atoms with Crippen LogP contribution in [0, 0.1) is 0 Å². The van der Waals surface area contributed by atoms with Crippen LogP contribution in [0.15, 0.2) is 6.07 Å².